The van der Waals surface area contributed by atoms with Crippen LogP contribution in [0.3, 0.4) is 0 Å². The Bertz CT molecular complexity index is 1060. The maximum absolute atomic E-state index is 12.8. The standard InChI is InChI=1S/C20H23F3N6O2/c1-11(2)16-13(17(30)25-10-14-27-18(31-28-14)19(3,4)5)9-26-29(16)15-7-6-12(8-24-15)20(21,22)23/h6-9,11H,10H2,1-5H3,(H,25,30). The van der Waals surface area contributed by atoms with E-state index in [1.807, 2.05) is 34.6 Å². The van der Waals surface area contributed by atoms with Gasteiger partial charge in [0.25, 0.3) is 5.91 Å². The zero-order chi connectivity index (χ0) is 23.0. The zero-order valence-electron chi connectivity index (χ0n) is 17.8. The smallest absolute Gasteiger partial charge is 0.344 e. The van der Waals surface area contributed by atoms with E-state index in [1.165, 1.54) is 16.9 Å². The Hall–Kier alpha value is -3.24. The quantitative estimate of drug-likeness (QED) is 0.649. The fourth-order valence-electron chi connectivity index (χ4n) is 2.83. The number of pyridine rings is 1. The molecule has 0 spiro atoms. The van der Waals surface area contributed by atoms with Crippen LogP contribution in [0.4, 0.5) is 13.2 Å². The molecule has 0 bridgehead atoms. The number of alkyl halides is 3. The number of hydrogen-bond acceptors (Lipinski definition) is 6. The molecule has 0 saturated carbocycles. The average molecular weight is 436 g/mol. The zero-order valence-corrected chi connectivity index (χ0v) is 17.8. The van der Waals surface area contributed by atoms with E-state index in [-0.39, 0.29) is 29.3 Å². The molecule has 0 unspecified atom stereocenters. The number of nitrogens with one attached hydrogen (secondary N) is 1. The van der Waals surface area contributed by atoms with Crippen LogP contribution < -0.4 is 5.32 Å². The van der Waals surface area contributed by atoms with Crippen LogP contribution in [0.15, 0.2) is 29.0 Å². The normalized spacial score (nSPS) is 12.4. The third kappa shape index (κ3) is 4.92. The van der Waals surface area contributed by atoms with Crippen LogP contribution in [0.5, 0.6) is 0 Å². The fourth-order valence-corrected chi connectivity index (χ4v) is 2.83. The monoisotopic (exact) mass is 436 g/mol. The third-order valence-electron chi connectivity index (χ3n) is 4.41. The summed E-state index contributed by atoms with van der Waals surface area (Å²) in [6.07, 6.45) is -2.38. The van der Waals surface area contributed by atoms with Crippen molar-refractivity contribution in [2.45, 2.75) is 58.7 Å². The van der Waals surface area contributed by atoms with Crippen molar-refractivity contribution in [3.8, 4) is 5.82 Å². The lowest BCUT2D eigenvalue weighted by Crippen LogP contribution is -2.25. The van der Waals surface area contributed by atoms with E-state index in [4.69, 9.17) is 4.52 Å². The van der Waals surface area contributed by atoms with Crippen molar-refractivity contribution in [2.24, 2.45) is 0 Å². The second-order valence-corrected chi connectivity index (χ2v) is 8.36. The minimum Gasteiger partial charge on any atom is -0.344 e. The van der Waals surface area contributed by atoms with Crippen LogP contribution >= 0.6 is 0 Å². The Kier molecular flexibility index (Phi) is 5.88. The highest BCUT2D eigenvalue weighted by Gasteiger charge is 2.31. The minimum absolute atomic E-state index is 0.0552. The molecule has 0 aliphatic rings. The number of nitrogens with zero attached hydrogens (tertiary/aromatic N) is 5. The number of rotatable bonds is 5. The van der Waals surface area contributed by atoms with Gasteiger partial charge in [-0.25, -0.2) is 9.67 Å². The van der Waals surface area contributed by atoms with Crippen molar-refractivity contribution in [1.29, 1.82) is 0 Å². The fraction of sp³-hybridized carbons (Fsp3) is 0.450. The largest absolute Gasteiger partial charge is 0.417 e. The van der Waals surface area contributed by atoms with Gasteiger partial charge in [-0.1, -0.05) is 39.8 Å². The summed E-state index contributed by atoms with van der Waals surface area (Å²) in [5, 5.41) is 10.8. The highest BCUT2D eigenvalue weighted by molar-refractivity contribution is 5.95. The van der Waals surface area contributed by atoms with Gasteiger partial charge in [0.05, 0.1) is 29.6 Å². The molecule has 0 fully saturated rings. The molecule has 8 nitrogen and oxygen atoms in total. The van der Waals surface area contributed by atoms with E-state index < -0.39 is 17.6 Å². The second-order valence-electron chi connectivity index (χ2n) is 8.36. The summed E-state index contributed by atoms with van der Waals surface area (Å²) in [7, 11) is 0. The van der Waals surface area contributed by atoms with Gasteiger partial charge in [0, 0.05) is 11.6 Å². The molecule has 0 atom stereocenters. The SMILES string of the molecule is CC(C)c1c(C(=O)NCc2noc(C(C)(C)C)n2)cnn1-c1ccc(C(F)(F)F)cn1. The number of amides is 1. The number of halogens is 3. The highest BCUT2D eigenvalue weighted by Crippen LogP contribution is 2.29. The van der Waals surface area contributed by atoms with Crippen LogP contribution in [0.2, 0.25) is 0 Å². The first-order chi connectivity index (χ1) is 14.4. The van der Waals surface area contributed by atoms with Crippen molar-refractivity contribution in [3.05, 3.63) is 53.1 Å². The van der Waals surface area contributed by atoms with Crippen molar-refractivity contribution in [3.63, 3.8) is 0 Å². The first-order valence-electron chi connectivity index (χ1n) is 9.60. The Morgan fingerprint density at radius 2 is 1.90 bits per heavy atom. The molecule has 11 heteroatoms. The molecule has 31 heavy (non-hydrogen) atoms. The summed E-state index contributed by atoms with van der Waals surface area (Å²) < 4.78 is 45.0. The maximum atomic E-state index is 12.8. The van der Waals surface area contributed by atoms with E-state index in [1.54, 1.807) is 0 Å². The molecule has 3 aromatic rings. The van der Waals surface area contributed by atoms with Crippen molar-refractivity contribution in [2.75, 3.05) is 0 Å². The first-order valence-corrected chi connectivity index (χ1v) is 9.60. The third-order valence-corrected chi connectivity index (χ3v) is 4.41. The van der Waals surface area contributed by atoms with Crippen LogP contribution in [0.25, 0.3) is 5.82 Å². The van der Waals surface area contributed by atoms with Crippen LogP contribution in [0.1, 0.15) is 73.9 Å². The summed E-state index contributed by atoms with van der Waals surface area (Å²) in [5.74, 6) is 0.416. The van der Waals surface area contributed by atoms with Crippen molar-refractivity contribution in [1.82, 2.24) is 30.2 Å². The molecule has 3 aromatic heterocycles. The molecule has 1 amide bonds. The van der Waals surface area contributed by atoms with Gasteiger partial charge < -0.3 is 9.84 Å². The summed E-state index contributed by atoms with van der Waals surface area (Å²) in [6, 6.07) is 2.15. The average Bonchev–Trinajstić information content (AvgIpc) is 3.32. The Labute approximate surface area is 176 Å². The number of hydrogen-bond donors (Lipinski definition) is 1. The lowest BCUT2D eigenvalue weighted by molar-refractivity contribution is -0.137. The molecule has 0 aromatic carbocycles. The summed E-state index contributed by atoms with van der Waals surface area (Å²) >= 11 is 0. The maximum Gasteiger partial charge on any atom is 0.417 e. The molecule has 0 aliphatic heterocycles. The predicted octanol–water partition coefficient (Wildman–Crippen LogP) is 4.02. The molecule has 0 aliphatic carbocycles. The molecular weight excluding hydrogens is 413 g/mol. The van der Waals surface area contributed by atoms with E-state index in [2.05, 4.69) is 25.5 Å². The molecule has 3 heterocycles. The Balaban J connectivity index is 1.81. The minimum atomic E-state index is -4.48. The van der Waals surface area contributed by atoms with Crippen LogP contribution in [0, 0.1) is 0 Å². The van der Waals surface area contributed by atoms with Gasteiger partial charge >= 0.3 is 6.18 Å². The number of aromatic nitrogens is 5. The summed E-state index contributed by atoms with van der Waals surface area (Å²) in [6.45, 7) is 9.55. The predicted molar refractivity (Wildman–Crippen MR) is 105 cm³/mol. The van der Waals surface area contributed by atoms with Gasteiger partial charge in [-0.15, -0.1) is 0 Å². The Morgan fingerprint density at radius 1 is 1.19 bits per heavy atom. The molecule has 166 valence electrons. The van der Waals surface area contributed by atoms with Gasteiger partial charge in [-0.3, -0.25) is 4.79 Å². The lowest BCUT2D eigenvalue weighted by Gasteiger charge is -2.13. The summed E-state index contributed by atoms with van der Waals surface area (Å²) in [5.41, 5.74) is -0.359. The van der Waals surface area contributed by atoms with Gasteiger partial charge in [0.15, 0.2) is 11.6 Å². The number of carbonyl (C=O) groups is 1. The topological polar surface area (TPSA) is 98.7 Å². The van der Waals surface area contributed by atoms with Crippen LogP contribution in [-0.4, -0.2) is 30.8 Å². The lowest BCUT2D eigenvalue weighted by atomic mass is 9.97. The second kappa shape index (κ2) is 8.12. The van der Waals surface area contributed by atoms with Crippen molar-refractivity contribution < 1.29 is 22.5 Å². The van der Waals surface area contributed by atoms with E-state index in [0.717, 1.165) is 12.3 Å². The Morgan fingerprint density at radius 3 is 2.42 bits per heavy atom. The molecule has 3 rings (SSSR count). The molecular formula is C20H23F3N6O2. The van der Waals surface area contributed by atoms with Gasteiger partial charge in [0.2, 0.25) is 5.89 Å². The van der Waals surface area contributed by atoms with E-state index in [9.17, 15) is 18.0 Å². The van der Waals surface area contributed by atoms with Gasteiger partial charge in [-0.05, 0) is 18.1 Å². The summed E-state index contributed by atoms with van der Waals surface area (Å²) in [4.78, 5) is 20.9. The molecule has 0 radical (unpaired) electrons. The number of carbonyl (C=O) groups excluding carboxylic acids is 1. The van der Waals surface area contributed by atoms with Crippen molar-refractivity contribution >= 4 is 5.91 Å². The molecule has 1 N–H and O–H groups in total. The van der Waals surface area contributed by atoms with E-state index in [0.29, 0.717) is 17.4 Å². The van der Waals surface area contributed by atoms with Crippen LogP contribution in [-0.2, 0) is 18.1 Å². The van der Waals surface area contributed by atoms with Gasteiger partial charge in [0.1, 0.15) is 0 Å². The first kappa shape index (κ1) is 22.4. The van der Waals surface area contributed by atoms with Gasteiger partial charge in [-0.2, -0.15) is 23.3 Å². The molecule has 0 saturated heterocycles. The van der Waals surface area contributed by atoms with E-state index >= 15 is 0 Å². The highest BCUT2D eigenvalue weighted by atomic mass is 19.4.